The molecule has 0 amide bonds. The van der Waals surface area contributed by atoms with E-state index >= 15 is 0 Å². The molecule has 0 aliphatic carbocycles. The molecule has 22 heavy (non-hydrogen) atoms. The maximum atomic E-state index is 5.83. The minimum atomic E-state index is 0.189. The molecule has 0 saturated heterocycles. The van der Waals surface area contributed by atoms with Crippen LogP contribution < -0.4 is 9.47 Å². The second-order valence-corrected chi connectivity index (χ2v) is 5.16. The van der Waals surface area contributed by atoms with E-state index in [-0.39, 0.29) is 6.01 Å². The van der Waals surface area contributed by atoms with Gasteiger partial charge >= 0.3 is 6.01 Å². The van der Waals surface area contributed by atoms with E-state index in [0.29, 0.717) is 27.4 Å². The lowest BCUT2D eigenvalue weighted by Gasteiger charge is -2.07. The van der Waals surface area contributed by atoms with E-state index in [2.05, 4.69) is 9.97 Å². The molecule has 0 unspecified atom stereocenters. The minimum Gasteiger partial charge on any atom is -0.439 e. The standard InChI is InChI=1S/C16H10Cl2N2O2/c17-11-1-5-13(6-2-11)21-15-9-10-19-16(20-15)22-14-7-3-12(18)4-8-14/h1-10H. The molecule has 3 aromatic rings. The maximum absolute atomic E-state index is 5.83. The summed E-state index contributed by atoms with van der Waals surface area (Å²) in [6.07, 6.45) is 1.56. The summed E-state index contributed by atoms with van der Waals surface area (Å²) in [5.74, 6) is 1.59. The molecule has 0 spiro atoms. The van der Waals surface area contributed by atoms with Crippen LogP contribution in [0.2, 0.25) is 10.0 Å². The minimum absolute atomic E-state index is 0.189. The highest BCUT2D eigenvalue weighted by molar-refractivity contribution is 6.30. The van der Waals surface area contributed by atoms with Gasteiger partial charge < -0.3 is 9.47 Å². The molecule has 4 nitrogen and oxygen atoms in total. The van der Waals surface area contributed by atoms with Crippen molar-refractivity contribution in [2.75, 3.05) is 0 Å². The van der Waals surface area contributed by atoms with Gasteiger partial charge in [-0.1, -0.05) is 23.2 Å². The number of rotatable bonds is 4. The van der Waals surface area contributed by atoms with Gasteiger partial charge in [0.1, 0.15) is 11.5 Å². The van der Waals surface area contributed by atoms with Gasteiger partial charge in [-0.05, 0) is 48.5 Å². The van der Waals surface area contributed by atoms with Gasteiger partial charge in [-0.3, -0.25) is 0 Å². The third-order valence-corrected chi connectivity index (χ3v) is 3.17. The van der Waals surface area contributed by atoms with E-state index in [9.17, 15) is 0 Å². The molecule has 3 rings (SSSR count). The van der Waals surface area contributed by atoms with Crippen LogP contribution in [-0.4, -0.2) is 9.97 Å². The van der Waals surface area contributed by atoms with E-state index in [1.54, 1.807) is 60.8 Å². The van der Waals surface area contributed by atoms with Gasteiger partial charge in [0.25, 0.3) is 0 Å². The van der Waals surface area contributed by atoms with E-state index < -0.39 is 0 Å². The fourth-order valence-electron chi connectivity index (χ4n) is 1.66. The van der Waals surface area contributed by atoms with Crippen LogP contribution in [0.3, 0.4) is 0 Å². The number of benzene rings is 2. The highest BCUT2D eigenvalue weighted by atomic mass is 35.5. The normalized spacial score (nSPS) is 10.3. The zero-order valence-electron chi connectivity index (χ0n) is 11.2. The number of ether oxygens (including phenoxy) is 2. The molecular weight excluding hydrogens is 323 g/mol. The third-order valence-electron chi connectivity index (χ3n) is 2.67. The van der Waals surface area contributed by atoms with Crippen LogP contribution in [0.4, 0.5) is 0 Å². The Labute approximate surface area is 137 Å². The van der Waals surface area contributed by atoms with Crippen molar-refractivity contribution in [2.24, 2.45) is 0 Å². The van der Waals surface area contributed by atoms with Crippen molar-refractivity contribution in [3.63, 3.8) is 0 Å². The van der Waals surface area contributed by atoms with E-state index in [1.807, 2.05) is 0 Å². The average molecular weight is 333 g/mol. The Kier molecular flexibility index (Phi) is 4.42. The zero-order chi connectivity index (χ0) is 15.4. The first-order valence-electron chi connectivity index (χ1n) is 6.39. The van der Waals surface area contributed by atoms with E-state index in [1.165, 1.54) is 0 Å². The fraction of sp³-hybridized carbons (Fsp3) is 0. The number of aromatic nitrogens is 2. The first-order chi connectivity index (χ1) is 10.7. The molecule has 0 saturated carbocycles. The lowest BCUT2D eigenvalue weighted by molar-refractivity contribution is 0.411. The van der Waals surface area contributed by atoms with Gasteiger partial charge in [-0.2, -0.15) is 4.98 Å². The molecule has 0 aliphatic heterocycles. The molecule has 0 fully saturated rings. The highest BCUT2D eigenvalue weighted by Gasteiger charge is 2.04. The number of halogens is 2. The monoisotopic (exact) mass is 332 g/mol. The third kappa shape index (κ3) is 3.87. The predicted molar refractivity (Wildman–Crippen MR) is 85.1 cm³/mol. The Morgan fingerprint density at radius 3 is 1.82 bits per heavy atom. The number of hydrogen-bond acceptors (Lipinski definition) is 4. The SMILES string of the molecule is Clc1ccc(Oc2ccnc(Oc3ccc(Cl)cc3)n2)cc1. The van der Waals surface area contributed by atoms with Gasteiger partial charge in [-0.15, -0.1) is 0 Å². The lowest BCUT2D eigenvalue weighted by atomic mass is 10.3. The van der Waals surface area contributed by atoms with Crippen LogP contribution in [0.15, 0.2) is 60.8 Å². The van der Waals surface area contributed by atoms with Crippen molar-refractivity contribution in [2.45, 2.75) is 0 Å². The summed E-state index contributed by atoms with van der Waals surface area (Å²) >= 11 is 11.7. The summed E-state index contributed by atoms with van der Waals surface area (Å²) in [7, 11) is 0. The van der Waals surface area contributed by atoms with Crippen molar-refractivity contribution in [3.05, 3.63) is 70.8 Å². The van der Waals surface area contributed by atoms with Crippen molar-refractivity contribution < 1.29 is 9.47 Å². The largest absolute Gasteiger partial charge is 0.439 e. The van der Waals surface area contributed by atoms with Crippen LogP contribution in [0, 0.1) is 0 Å². The van der Waals surface area contributed by atoms with Crippen molar-refractivity contribution in [3.8, 4) is 23.4 Å². The smallest absolute Gasteiger partial charge is 0.325 e. The van der Waals surface area contributed by atoms with E-state index in [4.69, 9.17) is 32.7 Å². The summed E-state index contributed by atoms with van der Waals surface area (Å²) in [5.41, 5.74) is 0. The van der Waals surface area contributed by atoms with Gasteiger partial charge in [0.15, 0.2) is 0 Å². The molecule has 0 atom stereocenters. The fourth-order valence-corrected chi connectivity index (χ4v) is 1.91. The second kappa shape index (κ2) is 6.64. The van der Waals surface area contributed by atoms with Crippen LogP contribution in [0.5, 0.6) is 23.4 Å². The molecule has 0 aliphatic rings. The van der Waals surface area contributed by atoms with Crippen LogP contribution in [0.1, 0.15) is 0 Å². The molecule has 6 heteroatoms. The molecule has 0 bridgehead atoms. The van der Waals surface area contributed by atoms with Crippen molar-refractivity contribution in [1.29, 1.82) is 0 Å². The lowest BCUT2D eigenvalue weighted by Crippen LogP contribution is -1.94. The molecule has 0 radical (unpaired) electrons. The Bertz CT molecular complexity index is 699. The summed E-state index contributed by atoms with van der Waals surface area (Å²) in [6, 6.07) is 15.7. The van der Waals surface area contributed by atoms with Crippen molar-refractivity contribution in [1.82, 2.24) is 9.97 Å². The second-order valence-electron chi connectivity index (χ2n) is 4.29. The maximum Gasteiger partial charge on any atom is 0.325 e. The molecule has 110 valence electrons. The summed E-state index contributed by atoms with van der Waals surface area (Å²) in [5, 5.41) is 1.27. The van der Waals surface area contributed by atoms with Gasteiger partial charge in [0, 0.05) is 22.3 Å². The first kappa shape index (κ1) is 14.6. The molecule has 0 N–H and O–H groups in total. The molecule has 1 heterocycles. The van der Waals surface area contributed by atoms with Gasteiger partial charge in [0.2, 0.25) is 5.88 Å². The Balaban J connectivity index is 1.74. The van der Waals surface area contributed by atoms with Crippen molar-refractivity contribution >= 4 is 23.2 Å². The highest BCUT2D eigenvalue weighted by Crippen LogP contribution is 2.24. The topological polar surface area (TPSA) is 44.2 Å². The van der Waals surface area contributed by atoms with Gasteiger partial charge in [0.05, 0.1) is 0 Å². The number of hydrogen-bond donors (Lipinski definition) is 0. The predicted octanol–water partition coefficient (Wildman–Crippen LogP) is 5.37. The summed E-state index contributed by atoms with van der Waals surface area (Å²) < 4.78 is 11.2. The summed E-state index contributed by atoms with van der Waals surface area (Å²) in [4.78, 5) is 8.23. The molecular formula is C16H10Cl2N2O2. The zero-order valence-corrected chi connectivity index (χ0v) is 12.8. The Morgan fingerprint density at radius 1 is 0.682 bits per heavy atom. The first-order valence-corrected chi connectivity index (χ1v) is 7.14. The quantitative estimate of drug-likeness (QED) is 0.644. The van der Waals surface area contributed by atoms with Crippen LogP contribution in [-0.2, 0) is 0 Å². The Morgan fingerprint density at radius 2 is 1.23 bits per heavy atom. The van der Waals surface area contributed by atoms with Gasteiger partial charge in [-0.25, -0.2) is 4.98 Å². The average Bonchev–Trinajstić information content (AvgIpc) is 2.52. The number of nitrogens with zero attached hydrogens (tertiary/aromatic N) is 2. The van der Waals surface area contributed by atoms with E-state index in [0.717, 1.165) is 0 Å². The molecule has 1 aromatic heterocycles. The Hall–Kier alpha value is -2.30. The van der Waals surface area contributed by atoms with Crippen LogP contribution >= 0.6 is 23.2 Å². The summed E-state index contributed by atoms with van der Waals surface area (Å²) in [6.45, 7) is 0. The molecule has 2 aromatic carbocycles. The van der Waals surface area contributed by atoms with Crippen LogP contribution in [0.25, 0.3) is 0 Å².